The zero-order chi connectivity index (χ0) is 15.0. The van der Waals surface area contributed by atoms with Crippen LogP contribution in [0.25, 0.3) is 0 Å². The van der Waals surface area contributed by atoms with Gasteiger partial charge in [0.25, 0.3) is 0 Å². The first kappa shape index (κ1) is 16.0. The predicted molar refractivity (Wildman–Crippen MR) is 71.8 cm³/mol. The number of nitrogens with two attached hydrogens (primary N) is 1. The van der Waals surface area contributed by atoms with Gasteiger partial charge in [0.05, 0.1) is 6.61 Å². The van der Waals surface area contributed by atoms with Gasteiger partial charge in [-0.2, -0.15) is 0 Å². The zero-order valence-electron chi connectivity index (χ0n) is 11.6. The molecule has 1 aromatic carbocycles. The molecule has 0 fully saturated rings. The van der Waals surface area contributed by atoms with Gasteiger partial charge in [-0.1, -0.05) is 30.3 Å². The Kier molecular flexibility index (Phi) is 6.52. The van der Waals surface area contributed by atoms with Crippen LogP contribution < -0.4 is 5.73 Å². The molecule has 1 rings (SSSR count). The van der Waals surface area contributed by atoms with Crippen molar-refractivity contribution >= 4 is 12.1 Å². The van der Waals surface area contributed by atoms with Crippen LogP contribution in [0.3, 0.4) is 0 Å². The molecule has 6 nitrogen and oxygen atoms in total. The minimum Gasteiger partial charge on any atom is -0.460 e. The molecule has 0 radical (unpaired) electrons. The van der Waals surface area contributed by atoms with Crippen LogP contribution >= 0.6 is 0 Å². The maximum atomic E-state index is 11.7. The van der Waals surface area contributed by atoms with E-state index in [1.54, 1.807) is 6.92 Å². The summed E-state index contributed by atoms with van der Waals surface area (Å²) in [6.07, 6.45) is -1.68. The van der Waals surface area contributed by atoms with Crippen molar-refractivity contribution in [1.29, 1.82) is 0 Å². The number of hydrogen-bond donors (Lipinski definition) is 1. The summed E-state index contributed by atoms with van der Waals surface area (Å²) in [6, 6.07) is 8.16. The second kappa shape index (κ2) is 8.16. The summed E-state index contributed by atoms with van der Waals surface area (Å²) in [7, 11) is 0. The highest BCUT2D eigenvalue weighted by atomic mass is 16.7. The van der Waals surface area contributed by atoms with Crippen molar-refractivity contribution in [3.8, 4) is 0 Å². The fraction of sp³-hybridized carbons (Fsp3) is 0.429. The molecule has 2 atom stereocenters. The molecule has 0 heterocycles. The van der Waals surface area contributed by atoms with Gasteiger partial charge in [-0.25, -0.2) is 4.79 Å². The van der Waals surface area contributed by atoms with Gasteiger partial charge in [0, 0.05) is 0 Å². The molecule has 0 aliphatic rings. The number of rotatable bonds is 6. The topological polar surface area (TPSA) is 87.9 Å². The van der Waals surface area contributed by atoms with Gasteiger partial charge in [0.2, 0.25) is 0 Å². The molecule has 0 unspecified atom stereocenters. The molecule has 1 aromatic rings. The third kappa shape index (κ3) is 5.27. The maximum Gasteiger partial charge on any atom is 0.508 e. The number of hydrogen-bond acceptors (Lipinski definition) is 6. The Morgan fingerprint density at radius 3 is 2.45 bits per heavy atom. The Bertz CT molecular complexity index is 434. The van der Waals surface area contributed by atoms with E-state index >= 15 is 0 Å². The molecule has 0 amide bonds. The van der Waals surface area contributed by atoms with E-state index in [2.05, 4.69) is 4.74 Å². The Morgan fingerprint density at radius 2 is 1.85 bits per heavy atom. The monoisotopic (exact) mass is 281 g/mol. The highest BCUT2D eigenvalue weighted by Crippen LogP contribution is 2.05. The first-order valence-electron chi connectivity index (χ1n) is 6.34. The average Bonchev–Trinajstić information content (AvgIpc) is 2.45. The van der Waals surface area contributed by atoms with Crippen LogP contribution in [0.5, 0.6) is 0 Å². The summed E-state index contributed by atoms with van der Waals surface area (Å²) < 4.78 is 14.5. The molecule has 0 aromatic heterocycles. The second-order valence-corrected chi connectivity index (χ2v) is 4.13. The number of ether oxygens (including phenoxy) is 3. The number of esters is 1. The molecule has 0 saturated heterocycles. The predicted octanol–water partition coefficient (Wildman–Crippen LogP) is 1.62. The average molecular weight is 281 g/mol. The third-order valence-corrected chi connectivity index (χ3v) is 2.55. The molecule has 0 aliphatic carbocycles. The fourth-order valence-corrected chi connectivity index (χ4v) is 1.39. The standard InChI is InChI=1S/C14H19NO5/c1-3-18-14(17)20-10(2)12(15)13(16)19-9-11-7-5-4-6-8-11/h4-8,10,12H,3,9,15H2,1-2H3/t10-,12+/m1/s1. The number of benzene rings is 1. The molecular weight excluding hydrogens is 262 g/mol. The lowest BCUT2D eigenvalue weighted by atomic mass is 10.2. The van der Waals surface area contributed by atoms with Gasteiger partial charge in [-0.15, -0.1) is 0 Å². The van der Waals surface area contributed by atoms with E-state index in [1.165, 1.54) is 6.92 Å². The maximum absolute atomic E-state index is 11.7. The molecule has 2 N–H and O–H groups in total. The van der Waals surface area contributed by atoms with Gasteiger partial charge in [-0.05, 0) is 19.4 Å². The van der Waals surface area contributed by atoms with Crippen molar-refractivity contribution in [3.63, 3.8) is 0 Å². The molecule has 0 spiro atoms. The van der Waals surface area contributed by atoms with Crippen LogP contribution in [0, 0.1) is 0 Å². The summed E-state index contributed by atoms with van der Waals surface area (Å²) in [6.45, 7) is 3.48. The highest BCUT2D eigenvalue weighted by molar-refractivity contribution is 5.76. The van der Waals surface area contributed by atoms with Crippen LogP contribution in [0.1, 0.15) is 19.4 Å². The first-order valence-corrected chi connectivity index (χ1v) is 6.34. The summed E-state index contributed by atoms with van der Waals surface area (Å²) in [5, 5.41) is 0. The quantitative estimate of drug-likeness (QED) is 0.797. The smallest absolute Gasteiger partial charge is 0.460 e. The lowest BCUT2D eigenvalue weighted by Gasteiger charge is -2.18. The number of carbonyl (C=O) groups excluding carboxylic acids is 2. The summed E-state index contributed by atoms with van der Waals surface area (Å²) >= 11 is 0. The zero-order valence-corrected chi connectivity index (χ0v) is 11.6. The molecule has 0 aliphatic heterocycles. The molecule has 0 saturated carbocycles. The Hall–Kier alpha value is -2.08. The van der Waals surface area contributed by atoms with Crippen molar-refractivity contribution < 1.29 is 23.8 Å². The van der Waals surface area contributed by atoms with E-state index in [-0.39, 0.29) is 13.2 Å². The van der Waals surface area contributed by atoms with Gasteiger partial charge in [-0.3, -0.25) is 4.79 Å². The van der Waals surface area contributed by atoms with Crippen LogP contribution in [-0.4, -0.2) is 30.9 Å². The van der Waals surface area contributed by atoms with E-state index in [0.717, 1.165) is 5.56 Å². The largest absolute Gasteiger partial charge is 0.508 e. The van der Waals surface area contributed by atoms with Gasteiger partial charge in [0.15, 0.2) is 0 Å². The van der Waals surface area contributed by atoms with Crippen LogP contribution in [0.4, 0.5) is 4.79 Å². The van der Waals surface area contributed by atoms with Crippen LogP contribution in [0.2, 0.25) is 0 Å². The molecule has 20 heavy (non-hydrogen) atoms. The van der Waals surface area contributed by atoms with Crippen LogP contribution in [0.15, 0.2) is 30.3 Å². The lowest BCUT2D eigenvalue weighted by molar-refractivity contribution is -0.149. The van der Waals surface area contributed by atoms with Crippen LogP contribution in [-0.2, 0) is 25.6 Å². The third-order valence-electron chi connectivity index (χ3n) is 2.55. The lowest BCUT2D eigenvalue weighted by Crippen LogP contribution is -2.43. The molecule has 0 bridgehead atoms. The SMILES string of the molecule is CCOC(=O)O[C@H](C)[C@H](N)C(=O)OCc1ccccc1. The summed E-state index contributed by atoms with van der Waals surface area (Å²) in [4.78, 5) is 22.8. The van der Waals surface area contributed by atoms with Crippen molar-refractivity contribution in [2.24, 2.45) is 5.73 Å². The highest BCUT2D eigenvalue weighted by Gasteiger charge is 2.26. The van der Waals surface area contributed by atoms with Crippen molar-refractivity contribution in [1.82, 2.24) is 0 Å². The summed E-state index contributed by atoms with van der Waals surface area (Å²) in [5.41, 5.74) is 6.52. The first-order chi connectivity index (χ1) is 9.54. The summed E-state index contributed by atoms with van der Waals surface area (Å²) in [5.74, 6) is -0.634. The molecule has 110 valence electrons. The minimum atomic E-state index is -1.05. The number of carbonyl (C=O) groups is 2. The van der Waals surface area contributed by atoms with Gasteiger partial charge in [0.1, 0.15) is 18.8 Å². The van der Waals surface area contributed by atoms with Gasteiger partial charge >= 0.3 is 12.1 Å². The Labute approximate surface area is 117 Å². The Balaban J connectivity index is 2.40. The van der Waals surface area contributed by atoms with E-state index < -0.39 is 24.3 Å². The van der Waals surface area contributed by atoms with Crippen molar-refractivity contribution in [2.45, 2.75) is 32.6 Å². The van der Waals surface area contributed by atoms with E-state index in [1.807, 2.05) is 30.3 Å². The van der Waals surface area contributed by atoms with E-state index in [9.17, 15) is 9.59 Å². The normalized spacial score (nSPS) is 13.2. The molecule has 6 heteroatoms. The minimum absolute atomic E-state index is 0.125. The van der Waals surface area contributed by atoms with E-state index in [4.69, 9.17) is 15.2 Å². The second-order valence-electron chi connectivity index (χ2n) is 4.13. The Morgan fingerprint density at radius 1 is 1.20 bits per heavy atom. The fourth-order valence-electron chi connectivity index (χ4n) is 1.39. The van der Waals surface area contributed by atoms with Crippen molar-refractivity contribution in [3.05, 3.63) is 35.9 Å². The van der Waals surface area contributed by atoms with Gasteiger partial charge < -0.3 is 19.9 Å². The van der Waals surface area contributed by atoms with E-state index in [0.29, 0.717) is 0 Å². The van der Waals surface area contributed by atoms with Crippen molar-refractivity contribution in [2.75, 3.05) is 6.61 Å². The molecular formula is C14H19NO5.